The number of furan rings is 1. The topological polar surface area (TPSA) is 33.5 Å². The van der Waals surface area contributed by atoms with E-state index in [1.54, 1.807) is 6.26 Å². The van der Waals surface area contributed by atoms with E-state index in [4.69, 9.17) is 4.42 Å². The van der Waals surface area contributed by atoms with Crippen molar-refractivity contribution >= 4 is 16.9 Å². The lowest BCUT2D eigenvalue weighted by Crippen LogP contribution is -2.35. The van der Waals surface area contributed by atoms with E-state index in [0.29, 0.717) is 0 Å². The van der Waals surface area contributed by atoms with Crippen LogP contribution in [0.2, 0.25) is 0 Å². The van der Waals surface area contributed by atoms with Gasteiger partial charge in [-0.2, -0.15) is 0 Å². The first kappa shape index (κ1) is 10.4. The van der Waals surface area contributed by atoms with Crippen LogP contribution in [0.3, 0.4) is 0 Å². The zero-order valence-corrected chi connectivity index (χ0v) is 9.69. The first-order valence-corrected chi connectivity index (χ1v) is 6.11. The van der Waals surface area contributed by atoms with Gasteiger partial charge in [0.2, 0.25) is 0 Å². The number of likely N-dealkylation sites (tertiary alicyclic amines) is 1. The summed E-state index contributed by atoms with van der Waals surface area (Å²) in [6.45, 7) is 1.78. The predicted molar refractivity (Wildman–Crippen MR) is 66.0 cm³/mol. The fourth-order valence-electron chi connectivity index (χ4n) is 2.38. The van der Waals surface area contributed by atoms with E-state index in [1.165, 1.54) is 6.42 Å². The van der Waals surface area contributed by atoms with E-state index in [1.807, 2.05) is 29.2 Å². The molecule has 0 bridgehead atoms. The number of carbonyl (C=O) groups excluding carboxylic acids is 1. The first-order chi connectivity index (χ1) is 8.34. The molecule has 1 aliphatic heterocycles. The molecule has 1 amide bonds. The monoisotopic (exact) mass is 229 g/mol. The van der Waals surface area contributed by atoms with Gasteiger partial charge >= 0.3 is 0 Å². The minimum Gasteiger partial charge on any atom is -0.464 e. The minimum atomic E-state index is 0.146. The molecule has 3 rings (SSSR count). The lowest BCUT2D eigenvalue weighted by Gasteiger charge is -2.26. The molecule has 2 aromatic rings. The van der Waals surface area contributed by atoms with Crippen molar-refractivity contribution in [1.29, 1.82) is 0 Å². The molecular formula is C14H15NO2. The molecule has 0 aliphatic carbocycles. The maximum atomic E-state index is 12.3. The van der Waals surface area contributed by atoms with Gasteiger partial charge in [0, 0.05) is 24.0 Å². The second-order valence-corrected chi connectivity index (χ2v) is 4.53. The van der Waals surface area contributed by atoms with Crippen LogP contribution in [0.5, 0.6) is 0 Å². The molecule has 1 aliphatic rings. The molecule has 0 radical (unpaired) electrons. The Bertz CT molecular complexity index is 538. The summed E-state index contributed by atoms with van der Waals surface area (Å²) in [5, 5.41) is 0.993. The predicted octanol–water partition coefficient (Wildman–Crippen LogP) is 3.06. The Hall–Kier alpha value is -1.77. The van der Waals surface area contributed by atoms with Gasteiger partial charge in [0.05, 0.1) is 6.26 Å². The van der Waals surface area contributed by atoms with Gasteiger partial charge in [0.1, 0.15) is 5.58 Å². The van der Waals surface area contributed by atoms with Crippen LogP contribution in [0.15, 0.2) is 34.9 Å². The molecule has 0 N–H and O–H groups in total. The van der Waals surface area contributed by atoms with Crippen LogP contribution in [-0.2, 0) is 0 Å². The van der Waals surface area contributed by atoms with Crippen LogP contribution in [0.4, 0.5) is 0 Å². The van der Waals surface area contributed by atoms with Gasteiger partial charge in [0.25, 0.3) is 5.91 Å². The second-order valence-electron chi connectivity index (χ2n) is 4.53. The third kappa shape index (κ3) is 1.93. The summed E-state index contributed by atoms with van der Waals surface area (Å²) in [7, 11) is 0. The van der Waals surface area contributed by atoms with Crippen molar-refractivity contribution in [2.45, 2.75) is 19.3 Å². The van der Waals surface area contributed by atoms with Crippen LogP contribution in [0, 0.1) is 0 Å². The van der Waals surface area contributed by atoms with E-state index in [-0.39, 0.29) is 5.91 Å². The Morgan fingerprint density at radius 2 is 1.94 bits per heavy atom. The Morgan fingerprint density at radius 1 is 1.12 bits per heavy atom. The molecule has 1 aromatic carbocycles. The normalized spacial score (nSPS) is 16.4. The molecule has 1 aromatic heterocycles. The van der Waals surface area contributed by atoms with E-state index in [2.05, 4.69) is 0 Å². The minimum absolute atomic E-state index is 0.146. The van der Waals surface area contributed by atoms with Crippen LogP contribution < -0.4 is 0 Å². The SMILES string of the molecule is O=C(c1ccc2occc2c1)N1CCCCC1. The van der Waals surface area contributed by atoms with Gasteiger partial charge in [-0.15, -0.1) is 0 Å². The average molecular weight is 229 g/mol. The number of hydrogen-bond donors (Lipinski definition) is 0. The standard InChI is InChI=1S/C14H15NO2/c16-14(15-7-2-1-3-8-15)12-4-5-13-11(10-12)6-9-17-13/h4-6,9-10H,1-3,7-8H2. The molecule has 2 heterocycles. The van der Waals surface area contributed by atoms with Gasteiger partial charge in [-0.25, -0.2) is 0 Å². The zero-order chi connectivity index (χ0) is 11.7. The van der Waals surface area contributed by atoms with Crippen LogP contribution in [0.1, 0.15) is 29.6 Å². The largest absolute Gasteiger partial charge is 0.464 e. The summed E-state index contributed by atoms with van der Waals surface area (Å²) in [5.41, 5.74) is 1.60. The summed E-state index contributed by atoms with van der Waals surface area (Å²) in [5.74, 6) is 0.146. The van der Waals surface area contributed by atoms with Crippen molar-refractivity contribution in [3.8, 4) is 0 Å². The first-order valence-electron chi connectivity index (χ1n) is 6.11. The maximum Gasteiger partial charge on any atom is 0.253 e. The number of benzene rings is 1. The number of rotatable bonds is 1. The highest BCUT2D eigenvalue weighted by molar-refractivity contribution is 5.97. The van der Waals surface area contributed by atoms with E-state index in [0.717, 1.165) is 42.5 Å². The van der Waals surface area contributed by atoms with Gasteiger partial charge < -0.3 is 9.32 Å². The number of carbonyl (C=O) groups is 1. The highest BCUT2D eigenvalue weighted by atomic mass is 16.3. The fourth-order valence-corrected chi connectivity index (χ4v) is 2.38. The molecule has 0 atom stereocenters. The number of nitrogens with zero attached hydrogens (tertiary/aromatic N) is 1. The molecule has 17 heavy (non-hydrogen) atoms. The maximum absolute atomic E-state index is 12.3. The fraction of sp³-hybridized carbons (Fsp3) is 0.357. The number of fused-ring (bicyclic) bond motifs is 1. The quantitative estimate of drug-likeness (QED) is 0.753. The third-order valence-electron chi connectivity index (χ3n) is 3.34. The van der Waals surface area contributed by atoms with Crippen LogP contribution >= 0.6 is 0 Å². The molecule has 3 heteroatoms. The lowest BCUT2D eigenvalue weighted by atomic mass is 10.1. The van der Waals surface area contributed by atoms with E-state index < -0.39 is 0 Å². The Labute approximate surface area is 100 Å². The molecule has 0 spiro atoms. The smallest absolute Gasteiger partial charge is 0.253 e. The van der Waals surface area contributed by atoms with Crippen molar-refractivity contribution in [2.24, 2.45) is 0 Å². The lowest BCUT2D eigenvalue weighted by molar-refractivity contribution is 0.0724. The van der Waals surface area contributed by atoms with Gasteiger partial charge in [-0.1, -0.05) is 0 Å². The van der Waals surface area contributed by atoms with Gasteiger partial charge in [-0.05, 0) is 43.5 Å². The molecule has 88 valence electrons. The Balaban J connectivity index is 1.88. The van der Waals surface area contributed by atoms with Gasteiger partial charge in [-0.3, -0.25) is 4.79 Å². The summed E-state index contributed by atoms with van der Waals surface area (Å²) >= 11 is 0. The highest BCUT2D eigenvalue weighted by Gasteiger charge is 2.18. The Kier molecular flexibility index (Phi) is 2.59. The summed E-state index contributed by atoms with van der Waals surface area (Å²) in [6.07, 6.45) is 5.14. The van der Waals surface area contributed by atoms with Gasteiger partial charge in [0.15, 0.2) is 0 Å². The molecule has 3 nitrogen and oxygen atoms in total. The van der Waals surface area contributed by atoms with Crippen molar-refractivity contribution < 1.29 is 9.21 Å². The summed E-state index contributed by atoms with van der Waals surface area (Å²) in [4.78, 5) is 14.2. The average Bonchev–Trinajstić information content (AvgIpc) is 2.86. The van der Waals surface area contributed by atoms with Crippen LogP contribution in [-0.4, -0.2) is 23.9 Å². The third-order valence-corrected chi connectivity index (χ3v) is 3.34. The highest BCUT2D eigenvalue weighted by Crippen LogP contribution is 2.19. The number of hydrogen-bond acceptors (Lipinski definition) is 2. The summed E-state index contributed by atoms with van der Waals surface area (Å²) in [6, 6.07) is 7.52. The molecule has 1 saturated heterocycles. The second kappa shape index (κ2) is 4.24. The molecular weight excluding hydrogens is 214 g/mol. The molecule has 0 unspecified atom stereocenters. The Morgan fingerprint density at radius 3 is 2.76 bits per heavy atom. The molecule has 0 saturated carbocycles. The van der Waals surface area contributed by atoms with Crippen LogP contribution in [0.25, 0.3) is 11.0 Å². The molecule has 1 fully saturated rings. The van der Waals surface area contributed by atoms with E-state index in [9.17, 15) is 4.79 Å². The number of amides is 1. The van der Waals surface area contributed by atoms with E-state index >= 15 is 0 Å². The zero-order valence-electron chi connectivity index (χ0n) is 9.69. The van der Waals surface area contributed by atoms with Crippen molar-refractivity contribution in [2.75, 3.05) is 13.1 Å². The van der Waals surface area contributed by atoms with Crippen molar-refractivity contribution in [3.63, 3.8) is 0 Å². The number of piperidine rings is 1. The van der Waals surface area contributed by atoms with Crippen molar-refractivity contribution in [3.05, 3.63) is 36.1 Å². The summed E-state index contributed by atoms with van der Waals surface area (Å²) < 4.78 is 5.27. The van der Waals surface area contributed by atoms with Crippen molar-refractivity contribution in [1.82, 2.24) is 4.90 Å².